The molecule has 0 bridgehead atoms. The quantitative estimate of drug-likeness (QED) is 0.173. The van der Waals surface area contributed by atoms with Gasteiger partial charge in [0.1, 0.15) is 11.3 Å². The molecule has 0 unspecified atom stereocenters. The molecule has 2 amide bonds. The molecule has 0 fully saturated rings. The number of fused-ring (bicyclic) bond motifs is 3. The molecule has 3 rings (SSSR count). The number of hydrogen-bond acceptors (Lipinski definition) is 5. The minimum Gasteiger partial charge on any atom is -0.443 e. The van der Waals surface area contributed by atoms with Crippen LogP contribution in [-0.2, 0) is 9.53 Å². The highest BCUT2D eigenvalue weighted by Gasteiger charge is 2.24. The number of nitrogens with zero attached hydrogens (tertiary/aromatic N) is 2. The Kier molecular flexibility index (Phi) is 8.46. The lowest BCUT2D eigenvalue weighted by Gasteiger charge is -2.23. The minimum absolute atomic E-state index is 0.449. The highest BCUT2D eigenvalue weighted by molar-refractivity contribution is 6.24. The molecule has 1 aliphatic rings. The predicted molar refractivity (Wildman–Crippen MR) is 134 cm³/mol. The second-order valence-electron chi connectivity index (χ2n) is 9.32. The molecule has 180 valence electrons. The van der Waals surface area contributed by atoms with E-state index in [0.717, 1.165) is 59.9 Å². The van der Waals surface area contributed by atoms with Crippen molar-refractivity contribution < 1.29 is 19.5 Å². The molecule has 0 spiro atoms. The zero-order chi connectivity index (χ0) is 24.6. The van der Waals surface area contributed by atoms with Crippen molar-refractivity contribution >= 4 is 24.3 Å². The average Bonchev–Trinajstić information content (AvgIpc) is 3.11. The van der Waals surface area contributed by atoms with Crippen LogP contribution in [0, 0.1) is 0 Å². The predicted octanol–water partition coefficient (Wildman–Crippen LogP) is 5.76. The van der Waals surface area contributed by atoms with E-state index in [1.54, 1.807) is 20.8 Å². The van der Waals surface area contributed by atoms with Crippen molar-refractivity contribution in [3.05, 3.63) is 65.2 Å². The Morgan fingerprint density at radius 3 is 2.44 bits per heavy atom. The number of hydrogen-bond donors (Lipinski definition) is 2. The van der Waals surface area contributed by atoms with Crippen LogP contribution in [0.5, 0.6) is 0 Å². The molecule has 0 atom stereocenters. The summed E-state index contributed by atoms with van der Waals surface area (Å²) >= 11 is 0. The van der Waals surface area contributed by atoms with Crippen LogP contribution in [0.25, 0.3) is 17.2 Å². The van der Waals surface area contributed by atoms with Crippen LogP contribution in [0.4, 0.5) is 4.79 Å². The van der Waals surface area contributed by atoms with Gasteiger partial charge in [-0.05, 0) is 62.8 Å². The number of nitrogens with one attached hydrogen (secondary N) is 1. The van der Waals surface area contributed by atoms with Gasteiger partial charge in [0.25, 0.3) is 0 Å². The maximum Gasteiger partial charge on any atom is 0.426 e. The summed E-state index contributed by atoms with van der Waals surface area (Å²) in [4.78, 5) is 22.9. The summed E-state index contributed by atoms with van der Waals surface area (Å²) in [5.41, 5.74) is 7.62. The van der Waals surface area contributed by atoms with Gasteiger partial charge in [-0.3, -0.25) is 9.80 Å². The average molecular weight is 464 g/mol. The fourth-order valence-electron chi connectivity index (χ4n) is 3.94. The van der Waals surface area contributed by atoms with Gasteiger partial charge in [-0.25, -0.2) is 10.2 Å². The maximum atomic E-state index is 11.7. The number of oxime groups is 1. The monoisotopic (exact) mass is 463 g/mol. The van der Waals surface area contributed by atoms with Crippen LogP contribution in [0.3, 0.4) is 0 Å². The number of amides is 2. The van der Waals surface area contributed by atoms with Crippen molar-refractivity contribution in [2.24, 2.45) is 5.16 Å². The van der Waals surface area contributed by atoms with E-state index >= 15 is 0 Å². The number of hydrazine groups is 1. The first-order chi connectivity index (χ1) is 16.3. The van der Waals surface area contributed by atoms with Gasteiger partial charge in [0.2, 0.25) is 6.41 Å². The summed E-state index contributed by atoms with van der Waals surface area (Å²) in [5, 5.41) is 14.3. The summed E-state index contributed by atoms with van der Waals surface area (Å²) < 4.78 is 5.15. The van der Waals surface area contributed by atoms with Gasteiger partial charge in [-0.2, -0.15) is 0 Å². The van der Waals surface area contributed by atoms with Crippen molar-refractivity contribution in [1.82, 2.24) is 10.4 Å². The zero-order valence-corrected chi connectivity index (χ0v) is 20.1. The van der Waals surface area contributed by atoms with Crippen molar-refractivity contribution in [1.29, 1.82) is 0 Å². The summed E-state index contributed by atoms with van der Waals surface area (Å²) in [7, 11) is 0. The summed E-state index contributed by atoms with van der Waals surface area (Å²) in [6.07, 6.45) is 9.01. The van der Waals surface area contributed by atoms with Gasteiger partial charge in [0.05, 0.1) is 0 Å². The Hall–Kier alpha value is -3.61. The maximum absolute atomic E-state index is 11.7. The number of rotatable bonds is 10. The molecular formula is C27H33N3O4. The molecule has 2 N–H and O–H groups in total. The first kappa shape index (κ1) is 25.0. The largest absolute Gasteiger partial charge is 0.443 e. The topological polar surface area (TPSA) is 91.2 Å². The van der Waals surface area contributed by atoms with Crippen molar-refractivity contribution in [3.63, 3.8) is 0 Å². The molecular weight excluding hydrogens is 430 g/mol. The molecule has 7 heteroatoms. The minimum atomic E-state index is -0.627. The lowest BCUT2D eigenvalue weighted by molar-refractivity contribution is -0.121. The van der Waals surface area contributed by atoms with E-state index in [4.69, 9.17) is 4.74 Å². The van der Waals surface area contributed by atoms with E-state index in [2.05, 4.69) is 40.9 Å². The van der Waals surface area contributed by atoms with Gasteiger partial charge < -0.3 is 9.94 Å². The fraction of sp³-hybridized carbons (Fsp3) is 0.370. The van der Waals surface area contributed by atoms with E-state index in [0.29, 0.717) is 18.7 Å². The fourth-order valence-corrected chi connectivity index (χ4v) is 3.94. The molecule has 0 heterocycles. The standard InChI is InChI=1S/C27H33N3O4/c1-27(2,3)34-26(32)28-30(19-31)17-11-7-5-4-6-8-12-20-15-16-22-21-13-9-10-14-23(21)25(29-33)24(22)18-20/h8-10,12-16,18-19,33H,4-7,11,17H2,1-3H3,(H,28,32)/b12-8+,29-25+. The molecule has 2 aromatic carbocycles. The third-order valence-corrected chi connectivity index (χ3v) is 5.46. The molecule has 34 heavy (non-hydrogen) atoms. The van der Waals surface area contributed by atoms with E-state index in [-0.39, 0.29) is 0 Å². The van der Waals surface area contributed by atoms with Gasteiger partial charge in [-0.1, -0.05) is 66.5 Å². The SMILES string of the molecule is CC(C)(C)OC(=O)NN(C=O)CCCCCC/C=C/c1ccc2c(c1)/C(=N/O)c1ccccc1-2. The summed E-state index contributed by atoms with van der Waals surface area (Å²) in [6, 6.07) is 14.2. The Labute approximate surface area is 201 Å². The van der Waals surface area contributed by atoms with Crippen LogP contribution in [-0.4, -0.2) is 40.6 Å². The van der Waals surface area contributed by atoms with Crippen molar-refractivity contribution in [2.75, 3.05) is 6.54 Å². The van der Waals surface area contributed by atoms with Crippen LogP contribution >= 0.6 is 0 Å². The second kappa shape index (κ2) is 11.5. The second-order valence-corrected chi connectivity index (χ2v) is 9.32. The van der Waals surface area contributed by atoms with Gasteiger partial charge in [0, 0.05) is 17.7 Å². The van der Waals surface area contributed by atoms with E-state index in [1.165, 1.54) is 5.01 Å². The molecule has 1 aliphatic carbocycles. The third-order valence-electron chi connectivity index (χ3n) is 5.46. The number of unbranched alkanes of at least 4 members (excludes halogenated alkanes) is 4. The molecule has 0 saturated carbocycles. The number of carbonyl (C=O) groups excluding carboxylic acids is 2. The van der Waals surface area contributed by atoms with Crippen molar-refractivity contribution in [3.8, 4) is 11.1 Å². The zero-order valence-electron chi connectivity index (χ0n) is 20.1. The Morgan fingerprint density at radius 2 is 1.74 bits per heavy atom. The van der Waals surface area contributed by atoms with Crippen LogP contribution in [0.2, 0.25) is 0 Å². The molecule has 0 radical (unpaired) electrons. The first-order valence-corrected chi connectivity index (χ1v) is 11.7. The Morgan fingerprint density at radius 1 is 1.03 bits per heavy atom. The number of carbonyl (C=O) groups is 2. The number of allylic oxidation sites excluding steroid dienone is 1. The lowest BCUT2D eigenvalue weighted by Crippen LogP contribution is -2.44. The highest BCUT2D eigenvalue weighted by Crippen LogP contribution is 2.37. The highest BCUT2D eigenvalue weighted by atomic mass is 16.6. The van der Waals surface area contributed by atoms with Crippen molar-refractivity contribution in [2.45, 2.75) is 58.5 Å². The number of ether oxygens (including phenoxy) is 1. The van der Waals surface area contributed by atoms with Crippen LogP contribution < -0.4 is 5.43 Å². The Balaban J connectivity index is 1.39. The molecule has 2 aromatic rings. The Bertz CT molecular complexity index is 1070. The molecule has 0 aromatic heterocycles. The third kappa shape index (κ3) is 6.70. The number of benzene rings is 2. The molecule has 7 nitrogen and oxygen atoms in total. The van der Waals surface area contributed by atoms with Crippen LogP contribution in [0.15, 0.2) is 53.7 Å². The van der Waals surface area contributed by atoms with E-state index in [1.807, 2.05) is 24.3 Å². The van der Waals surface area contributed by atoms with E-state index < -0.39 is 11.7 Å². The smallest absolute Gasteiger partial charge is 0.426 e. The molecule has 0 aliphatic heterocycles. The van der Waals surface area contributed by atoms with Gasteiger partial charge >= 0.3 is 6.09 Å². The van der Waals surface area contributed by atoms with Gasteiger partial charge in [0.15, 0.2) is 0 Å². The molecule has 0 saturated heterocycles. The normalized spacial score (nSPS) is 13.6. The van der Waals surface area contributed by atoms with Crippen LogP contribution in [0.1, 0.15) is 69.6 Å². The lowest BCUT2D eigenvalue weighted by atomic mass is 10.0. The first-order valence-electron chi connectivity index (χ1n) is 11.7. The van der Waals surface area contributed by atoms with Gasteiger partial charge in [-0.15, -0.1) is 0 Å². The summed E-state index contributed by atoms with van der Waals surface area (Å²) in [6.45, 7) is 5.77. The van der Waals surface area contributed by atoms with E-state index in [9.17, 15) is 14.8 Å². The summed E-state index contributed by atoms with van der Waals surface area (Å²) in [5.74, 6) is 0.